The number of aromatic amines is 1. The highest BCUT2D eigenvalue weighted by Crippen LogP contribution is 2.18. The zero-order valence-corrected chi connectivity index (χ0v) is 13.4. The smallest absolute Gasteiger partial charge is 0.356 e. The van der Waals surface area contributed by atoms with Gasteiger partial charge in [0, 0.05) is 5.56 Å². The first kappa shape index (κ1) is 15.8. The molecule has 1 N–H and O–H groups in total. The third kappa shape index (κ3) is 3.81. The van der Waals surface area contributed by atoms with E-state index < -0.39 is 5.97 Å². The highest BCUT2D eigenvalue weighted by Gasteiger charge is 2.12. The number of rotatable bonds is 6. The summed E-state index contributed by atoms with van der Waals surface area (Å²) in [6.07, 6.45) is 0. The van der Waals surface area contributed by atoms with E-state index in [1.807, 2.05) is 61.5 Å². The lowest BCUT2D eigenvalue weighted by Gasteiger charge is -2.08. The molecule has 0 aliphatic carbocycles. The van der Waals surface area contributed by atoms with Gasteiger partial charge in [-0.1, -0.05) is 48.5 Å². The summed E-state index contributed by atoms with van der Waals surface area (Å²) >= 11 is 0. The molecule has 0 saturated carbocycles. The molecule has 24 heavy (non-hydrogen) atoms. The fraction of sp³-hybridized carbons (Fsp3) is 0.158. The second-order valence-electron chi connectivity index (χ2n) is 5.28. The summed E-state index contributed by atoms with van der Waals surface area (Å²) in [4.78, 5) is 12.0. The van der Waals surface area contributed by atoms with E-state index in [1.54, 1.807) is 6.07 Å². The van der Waals surface area contributed by atoms with Crippen LogP contribution in [-0.4, -0.2) is 29.4 Å². The first-order valence-corrected chi connectivity index (χ1v) is 7.70. The van der Waals surface area contributed by atoms with Gasteiger partial charge in [0.1, 0.15) is 24.7 Å². The second kappa shape index (κ2) is 7.46. The summed E-state index contributed by atoms with van der Waals surface area (Å²) in [6, 6.07) is 19.0. The molecule has 0 spiro atoms. The van der Waals surface area contributed by atoms with Crippen molar-refractivity contribution in [2.24, 2.45) is 0 Å². The molecule has 1 aromatic heterocycles. The van der Waals surface area contributed by atoms with Crippen molar-refractivity contribution >= 4 is 5.97 Å². The van der Waals surface area contributed by atoms with Crippen molar-refractivity contribution < 1.29 is 14.3 Å². The molecule has 0 atom stereocenters. The summed E-state index contributed by atoms with van der Waals surface area (Å²) < 4.78 is 10.8. The summed E-state index contributed by atoms with van der Waals surface area (Å²) in [5.74, 6) is 0.347. The predicted molar refractivity (Wildman–Crippen MR) is 91.0 cm³/mol. The summed E-state index contributed by atoms with van der Waals surface area (Å²) in [6.45, 7) is 2.44. The monoisotopic (exact) mass is 322 g/mol. The van der Waals surface area contributed by atoms with E-state index in [2.05, 4.69) is 10.2 Å². The molecular weight excluding hydrogens is 304 g/mol. The van der Waals surface area contributed by atoms with Crippen molar-refractivity contribution in [2.75, 3.05) is 13.2 Å². The van der Waals surface area contributed by atoms with Crippen LogP contribution in [0.3, 0.4) is 0 Å². The van der Waals surface area contributed by atoms with Gasteiger partial charge in [0.25, 0.3) is 0 Å². The molecule has 5 nitrogen and oxygen atoms in total. The van der Waals surface area contributed by atoms with Gasteiger partial charge in [0.2, 0.25) is 0 Å². The number of para-hydroxylation sites is 1. The van der Waals surface area contributed by atoms with Gasteiger partial charge in [-0.05, 0) is 24.6 Å². The number of nitrogens with one attached hydrogen (secondary N) is 1. The number of aryl methyl sites for hydroxylation is 1. The normalized spacial score (nSPS) is 10.4. The maximum atomic E-state index is 12.0. The molecular formula is C19H18N2O3. The lowest BCUT2D eigenvalue weighted by atomic mass is 10.1. The predicted octanol–water partition coefficient (Wildman–Crippen LogP) is 3.62. The van der Waals surface area contributed by atoms with Gasteiger partial charge in [-0.15, -0.1) is 0 Å². The zero-order chi connectivity index (χ0) is 16.8. The van der Waals surface area contributed by atoms with Crippen LogP contribution in [0.25, 0.3) is 11.3 Å². The maximum absolute atomic E-state index is 12.0. The summed E-state index contributed by atoms with van der Waals surface area (Å²) in [5.41, 5.74) is 3.02. The molecule has 5 heteroatoms. The van der Waals surface area contributed by atoms with Gasteiger partial charge in [-0.3, -0.25) is 5.10 Å². The van der Waals surface area contributed by atoms with Crippen molar-refractivity contribution in [3.8, 4) is 17.0 Å². The topological polar surface area (TPSA) is 64.2 Å². The Bertz CT molecular complexity index is 812. The SMILES string of the molecule is Cc1ccccc1OCCOC(=O)c1cc(-c2ccccc2)n[nH]1. The number of H-pyrrole nitrogens is 1. The van der Waals surface area contributed by atoms with Gasteiger partial charge >= 0.3 is 5.97 Å². The summed E-state index contributed by atoms with van der Waals surface area (Å²) in [7, 11) is 0. The van der Waals surface area contributed by atoms with Gasteiger partial charge in [-0.25, -0.2) is 4.79 Å². The van der Waals surface area contributed by atoms with Gasteiger partial charge in [0.15, 0.2) is 0 Å². The zero-order valence-electron chi connectivity index (χ0n) is 13.4. The van der Waals surface area contributed by atoms with Crippen LogP contribution >= 0.6 is 0 Å². The molecule has 0 radical (unpaired) electrons. The van der Waals surface area contributed by atoms with Crippen molar-refractivity contribution in [1.82, 2.24) is 10.2 Å². The van der Waals surface area contributed by atoms with Crippen LogP contribution in [0, 0.1) is 6.92 Å². The average Bonchev–Trinajstić information content (AvgIpc) is 3.11. The number of carbonyl (C=O) groups excluding carboxylic acids is 1. The molecule has 0 aliphatic heterocycles. The van der Waals surface area contributed by atoms with Crippen molar-refractivity contribution in [2.45, 2.75) is 6.92 Å². The quantitative estimate of drug-likeness (QED) is 0.556. The number of nitrogens with zero attached hydrogens (tertiary/aromatic N) is 1. The van der Waals surface area contributed by atoms with E-state index in [1.165, 1.54) is 0 Å². The third-order valence-electron chi connectivity index (χ3n) is 3.53. The van der Waals surface area contributed by atoms with E-state index >= 15 is 0 Å². The lowest BCUT2D eigenvalue weighted by molar-refractivity contribution is 0.0443. The Kier molecular flexibility index (Phi) is 4.91. The van der Waals surface area contributed by atoms with E-state index in [4.69, 9.17) is 9.47 Å². The van der Waals surface area contributed by atoms with Crippen LogP contribution in [0.2, 0.25) is 0 Å². The minimum atomic E-state index is -0.446. The van der Waals surface area contributed by atoms with E-state index in [-0.39, 0.29) is 6.61 Å². The molecule has 2 aromatic carbocycles. The highest BCUT2D eigenvalue weighted by atomic mass is 16.6. The Morgan fingerprint density at radius 1 is 1.04 bits per heavy atom. The first-order chi connectivity index (χ1) is 11.7. The van der Waals surface area contributed by atoms with Crippen molar-refractivity contribution in [3.63, 3.8) is 0 Å². The van der Waals surface area contributed by atoms with Crippen LogP contribution in [0.4, 0.5) is 0 Å². The largest absolute Gasteiger partial charge is 0.490 e. The molecule has 0 fully saturated rings. The van der Waals surface area contributed by atoms with Crippen molar-refractivity contribution in [1.29, 1.82) is 0 Å². The number of benzene rings is 2. The molecule has 0 saturated heterocycles. The van der Waals surface area contributed by atoms with Gasteiger partial charge < -0.3 is 9.47 Å². The van der Waals surface area contributed by atoms with Gasteiger partial charge in [-0.2, -0.15) is 5.10 Å². The Balaban J connectivity index is 1.51. The minimum Gasteiger partial charge on any atom is -0.490 e. The molecule has 1 heterocycles. The second-order valence-corrected chi connectivity index (χ2v) is 5.28. The third-order valence-corrected chi connectivity index (χ3v) is 3.53. The van der Waals surface area contributed by atoms with Crippen LogP contribution in [0.15, 0.2) is 60.7 Å². The Morgan fingerprint density at radius 2 is 1.79 bits per heavy atom. The average molecular weight is 322 g/mol. The number of aromatic nitrogens is 2. The Morgan fingerprint density at radius 3 is 2.58 bits per heavy atom. The fourth-order valence-electron chi connectivity index (χ4n) is 2.27. The fourth-order valence-corrected chi connectivity index (χ4v) is 2.27. The molecule has 3 aromatic rings. The summed E-state index contributed by atoms with van der Waals surface area (Å²) in [5, 5.41) is 6.84. The number of hydrogen-bond acceptors (Lipinski definition) is 4. The maximum Gasteiger partial charge on any atom is 0.356 e. The minimum absolute atomic E-state index is 0.173. The van der Waals surface area contributed by atoms with E-state index in [0.29, 0.717) is 18.0 Å². The molecule has 0 unspecified atom stereocenters. The van der Waals surface area contributed by atoms with E-state index in [0.717, 1.165) is 16.9 Å². The first-order valence-electron chi connectivity index (χ1n) is 7.70. The number of hydrogen-bond donors (Lipinski definition) is 1. The van der Waals surface area contributed by atoms with Crippen LogP contribution in [0.5, 0.6) is 5.75 Å². The van der Waals surface area contributed by atoms with E-state index in [9.17, 15) is 4.79 Å². The Hall–Kier alpha value is -3.08. The number of carbonyl (C=O) groups is 1. The molecule has 0 bridgehead atoms. The van der Waals surface area contributed by atoms with Crippen LogP contribution in [-0.2, 0) is 4.74 Å². The van der Waals surface area contributed by atoms with Crippen LogP contribution < -0.4 is 4.74 Å². The molecule has 0 aliphatic rings. The lowest BCUT2D eigenvalue weighted by Crippen LogP contribution is -2.13. The standard InChI is InChI=1S/C19H18N2O3/c1-14-7-5-6-10-18(14)23-11-12-24-19(22)17-13-16(20-21-17)15-8-3-2-4-9-15/h2-10,13H,11-12H2,1H3,(H,20,21). The van der Waals surface area contributed by atoms with Gasteiger partial charge in [0.05, 0.1) is 5.69 Å². The highest BCUT2D eigenvalue weighted by molar-refractivity contribution is 5.88. The van der Waals surface area contributed by atoms with Crippen LogP contribution in [0.1, 0.15) is 16.1 Å². The van der Waals surface area contributed by atoms with Crippen molar-refractivity contribution in [3.05, 3.63) is 71.9 Å². The molecule has 122 valence electrons. The number of ether oxygens (including phenoxy) is 2. The molecule has 3 rings (SSSR count). The molecule has 0 amide bonds. The number of esters is 1. The Labute approximate surface area is 140 Å².